The van der Waals surface area contributed by atoms with Gasteiger partial charge in [0.1, 0.15) is 0 Å². The molecule has 0 radical (unpaired) electrons. The van der Waals surface area contributed by atoms with Crippen LogP contribution < -0.4 is 0 Å². The molecule has 0 amide bonds. The molecule has 0 saturated carbocycles. The van der Waals surface area contributed by atoms with Gasteiger partial charge in [-0.05, 0) is 45.0 Å². The van der Waals surface area contributed by atoms with Gasteiger partial charge >= 0.3 is 0 Å². The average Bonchev–Trinajstić information content (AvgIpc) is 2.50. The summed E-state index contributed by atoms with van der Waals surface area (Å²) < 4.78 is 0. The zero-order chi connectivity index (χ0) is 10.1. The first-order valence-corrected chi connectivity index (χ1v) is 5.51. The van der Waals surface area contributed by atoms with E-state index >= 15 is 0 Å². The third kappa shape index (κ3) is 1.79. The highest BCUT2D eigenvalue weighted by Crippen LogP contribution is 2.27. The third-order valence-electron chi connectivity index (χ3n) is 3.67. The van der Waals surface area contributed by atoms with Gasteiger partial charge in [0.2, 0.25) is 0 Å². The van der Waals surface area contributed by atoms with Crippen molar-refractivity contribution in [3.8, 4) is 0 Å². The van der Waals surface area contributed by atoms with Gasteiger partial charge in [-0.1, -0.05) is 0 Å². The highest BCUT2D eigenvalue weighted by molar-refractivity contribution is 5.02. The number of likely N-dealkylation sites (tertiary alicyclic amines) is 1. The van der Waals surface area contributed by atoms with E-state index in [2.05, 4.69) is 48.3 Å². The second-order valence-corrected chi connectivity index (χ2v) is 4.62. The molecule has 0 aromatic rings. The van der Waals surface area contributed by atoms with E-state index in [1.54, 1.807) is 0 Å². The van der Waals surface area contributed by atoms with Gasteiger partial charge in [0.25, 0.3) is 0 Å². The van der Waals surface area contributed by atoms with Crippen molar-refractivity contribution in [2.45, 2.75) is 18.9 Å². The quantitative estimate of drug-likeness (QED) is 0.618. The Kier molecular flexibility index (Phi) is 2.79. The fourth-order valence-corrected chi connectivity index (χ4v) is 2.49. The maximum atomic E-state index is 2.43. The van der Waals surface area contributed by atoms with Gasteiger partial charge in [-0.15, -0.1) is 0 Å². The van der Waals surface area contributed by atoms with Crippen molar-refractivity contribution >= 4 is 0 Å². The minimum Gasteiger partial charge on any atom is -0.316 e. The van der Waals surface area contributed by atoms with Crippen LogP contribution >= 0.6 is 0 Å². The maximum absolute atomic E-state index is 2.43. The van der Waals surface area contributed by atoms with Gasteiger partial charge < -0.3 is 9.91 Å². The molecule has 2 aliphatic heterocycles. The molecule has 2 heterocycles. The van der Waals surface area contributed by atoms with E-state index in [4.69, 9.17) is 0 Å². The van der Waals surface area contributed by atoms with Crippen LogP contribution in [-0.4, -0.2) is 55.2 Å². The molecule has 14 heavy (non-hydrogen) atoms. The lowest BCUT2D eigenvalue weighted by atomic mass is 9.90. The summed E-state index contributed by atoms with van der Waals surface area (Å²) in [6.45, 7) is 2.51. The molecule has 3 heteroatoms. The summed E-state index contributed by atoms with van der Waals surface area (Å²) >= 11 is 0. The number of piperidine rings is 1. The smallest absolute Gasteiger partial charge is 0.0516 e. The highest BCUT2D eigenvalue weighted by atomic mass is 15.6. The number of nitrogens with zero attached hydrogens (tertiary/aromatic N) is 3. The first-order valence-electron chi connectivity index (χ1n) is 5.51. The number of likely N-dealkylation sites (N-methyl/N-ethyl adjacent to an activating group) is 1. The second kappa shape index (κ2) is 3.91. The van der Waals surface area contributed by atoms with Gasteiger partial charge in [0.05, 0.1) is 6.04 Å². The van der Waals surface area contributed by atoms with Gasteiger partial charge in [-0.3, -0.25) is 0 Å². The predicted molar refractivity (Wildman–Crippen MR) is 58.7 cm³/mol. The fourth-order valence-electron chi connectivity index (χ4n) is 2.49. The molecule has 1 fully saturated rings. The molecule has 1 unspecified atom stereocenters. The minimum absolute atomic E-state index is 0.633. The van der Waals surface area contributed by atoms with Gasteiger partial charge in [-0.2, -0.15) is 0 Å². The summed E-state index contributed by atoms with van der Waals surface area (Å²) in [5, 5.41) is 4.53. The normalized spacial score (nSPS) is 31.6. The van der Waals surface area contributed by atoms with Crippen LogP contribution in [0, 0.1) is 5.92 Å². The van der Waals surface area contributed by atoms with E-state index in [1.165, 1.54) is 25.9 Å². The Hall–Kier alpha value is -0.540. The molecule has 0 bridgehead atoms. The summed E-state index contributed by atoms with van der Waals surface area (Å²) in [6, 6.07) is 0.633. The molecular weight excluding hydrogens is 174 g/mol. The number of hydrogen-bond donors (Lipinski definition) is 0. The monoisotopic (exact) mass is 195 g/mol. The van der Waals surface area contributed by atoms with E-state index < -0.39 is 0 Å². The van der Waals surface area contributed by atoms with E-state index in [1.807, 2.05) is 0 Å². The molecule has 0 N–H and O–H groups in total. The molecule has 3 nitrogen and oxygen atoms in total. The first kappa shape index (κ1) is 9.99. The van der Waals surface area contributed by atoms with Gasteiger partial charge in [0, 0.05) is 20.3 Å². The maximum Gasteiger partial charge on any atom is 0.0516 e. The molecular formula is C11H21N3. The van der Waals surface area contributed by atoms with Crippen molar-refractivity contribution in [2.75, 3.05) is 34.2 Å². The zero-order valence-corrected chi connectivity index (χ0v) is 9.48. The van der Waals surface area contributed by atoms with Crippen LogP contribution in [-0.2, 0) is 0 Å². The molecule has 80 valence electrons. The van der Waals surface area contributed by atoms with Crippen LogP contribution in [0.2, 0.25) is 0 Å². The molecule has 0 spiro atoms. The average molecular weight is 195 g/mol. The first-order chi connectivity index (χ1) is 6.68. The van der Waals surface area contributed by atoms with Crippen LogP contribution in [0.25, 0.3) is 0 Å². The molecule has 0 aromatic heterocycles. The Labute approximate surface area is 86.9 Å². The zero-order valence-electron chi connectivity index (χ0n) is 9.48. The fraction of sp³-hybridized carbons (Fsp3) is 0.818. The lowest BCUT2D eigenvalue weighted by Gasteiger charge is -2.36. The minimum atomic E-state index is 0.633. The number of hydrogen-bond acceptors (Lipinski definition) is 3. The van der Waals surface area contributed by atoms with E-state index in [0.717, 1.165) is 5.92 Å². The Morgan fingerprint density at radius 2 is 1.71 bits per heavy atom. The van der Waals surface area contributed by atoms with Crippen molar-refractivity contribution in [1.29, 1.82) is 0 Å². The van der Waals surface area contributed by atoms with Crippen LogP contribution in [0.15, 0.2) is 12.3 Å². The van der Waals surface area contributed by atoms with E-state index in [-0.39, 0.29) is 0 Å². The second-order valence-electron chi connectivity index (χ2n) is 4.62. The van der Waals surface area contributed by atoms with Gasteiger partial charge in [-0.25, -0.2) is 5.01 Å². The van der Waals surface area contributed by atoms with Crippen molar-refractivity contribution in [2.24, 2.45) is 5.92 Å². The van der Waals surface area contributed by atoms with Gasteiger partial charge in [0.15, 0.2) is 0 Å². The molecule has 2 aliphatic rings. The van der Waals surface area contributed by atoms with Crippen molar-refractivity contribution in [3.63, 3.8) is 0 Å². The molecule has 0 aliphatic carbocycles. The van der Waals surface area contributed by atoms with Crippen LogP contribution in [0.5, 0.6) is 0 Å². The van der Waals surface area contributed by atoms with Crippen LogP contribution in [0.4, 0.5) is 0 Å². The molecule has 1 saturated heterocycles. The molecule has 2 rings (SSSR count). The Balaban J connectivity index is 1.93. The molecule has 1 atom stereocenters. The Morgan fingerprint density at radius 3 is 2.21 bits per heavy atom. The van der Waals surface area contributed by atoms with E-state index in [0.29, 0.717) is 6.04 Å². The predicted octanol–water partition coefficient (Wildman–Crippen LogP) is 1.00. The Bertz CT molecular complexity index is 219. The summed E-state index contributed by atoms with van der Waals surface area (Å²) in [7, 11) is 6.52. The highest BCUT2D eigenvalue weighted by Gasteiger charge is 2.30. The summed E-state index contributed by atoms with van der Waals surface area (Å²) in [5.41, 5.74) is 0. The lowest BCUT2D eigenvalue weighted by molar-refractivity contribution is 0.0325. The van der Waals surface area contributed by atoms with Crippen LogP contribution in [0.3, 0.4) is 0 Å². The third-order valence-corrected chi connectivity index (χ3v) is 3.67. The number of rotatable bonds is 1. The summed E-state index contributed by atoms with van der Waals surface area (Å²) in [4.78, 5) is 2.43. The standard InChI is InChI=1S/C11H21N3/c1-12-7-4-10(5-8-12)11-6-9-13(2)14(11)3/h6,9-11H,4-5,7-8H2,1-3H3. The van der Waals surface area contributed by atoms with E-state index in [9.17, 15) is 0 Å². The topological polar surface area (TPSA) is 9.72 Å². The molecule has 0 aromatic carbocycles. The van der Waals surface area contributed by atoms with Crippen molar-refractivity contribution in [3.05, 3.63) is 12.3 Å². The van der Waals surface area contributed by atoms with Crippen LogP contribution in [0.1, 0.15) is 12.8 Å². The Morgan fingerprint density at radius 1 is 1.07 bits per heavy atom. The number of hydrazine groups is 1. The SMILES string of the molecule is CN1CCC(C2C=CN(C)N2C)CC1. The van der Waals surface area contributed by atoms with Crippen molar-refractivity contribution < 1.29 is 0 Å². The van der Waals surface area contributed by atoms with Crippen molar-refractivity contribution in [1.82, 2.24) is 14.9 Å². The summed E-state index contributed by atoms with van der Waals surface area (Å²) in [5.74, 6) is 0.845. The lowest BCUT2D eigenvalue weighted by Crippen LogP contribution is -2.43. The largest absolute Gasteiger partial charge is 0.316 e. The summed E-state index contributed by atoms with van der Waals surface area (Å²) in [6.07, 6.45) is 7.20.